The number of rotatable bonds is 10. The van der Waals surface area contributed by atoms with Crippen LogP contribution in [0.25, 0.3) is 0 Å². The Bertz CT molecular complexity index is 364. The predicted octanol–water partition coefficient (Wildman–Crippen LogP) is 2.60. The van der Waals surface area contributed by atoms with Crippen molar-refractivity contribution in [3.05, 3.63) is 0 Å². The first-order chi connectivity index (χ1) is 10.0. The summed E-state index contributed by atoms with van der Waals surface area (Å²) < 4.78 is 10.6. The molecule has 0 amide bonds. The number of ketones is 2. The van der Waals surface area contributed by atoms with Crippen LogP contribution in [0, 0.1) is 0 Å². The van der Waals surface area contributed by atoms with Crippen molar-refractivity contribution in [1.82, 2.24) is 0 Å². The quantitative estimate of drug-likeness (QED) is 0.580. The van der Waals surface area contributed by atoms with Gasteiger partial charge >= 0.3 is 5.97 Å². The maximum absolute atomic E-state index is 11.7. The van der Waals surface area contributed by atoms with Crippen LogP contribution < -0.4 is 0 Å². The van der Waals surface area contributed by atoms with E-state index in [2.05, 4.69) is 0 Å². The molecule has 120 valence electrons. The van der Waals surface area contributed by atoms with Crippen LogP contribution in [0.1, 0.15) is 65.2 Å². The molecule has 0 aromatic heterocycles. The van der Waals surface area contributed by atoms with Crippen molar-refractivity contribution in [2.75, 3.05) is 6.61 Å². The summed E-state index contributed by atoms with van der Waals surface area (Å²) in [6.45, 7) is 3.69. The standard InChI is InChI=1S/C16H26O5/c1-3-20-16(19)11-6-13(18)5-8-15-10-9-14(21-15)7-4-12(2)17/h14-15H,3-11H2,1-2H3. The third kappa shape index (κ3) is 7.95. The maximum atomic E-state index is 11.7. The highest BCUT2D eigenvalue weighted by Gasteiger charge is 2.25. The van der Waals surface area contributed by atoms with Crippen LogP contribution in [0.3, 0.4) is 0 Å². The third-order valence-electron chi connectivity index (χ3n) is 3.67. The van der Waals surface area contributed by atoms with Crippen LogP contribution in [0.2, 0.25) is 0 Å². The second-order valence-corrected chi connectivity index (χ2v) is 5.58. The molecule has 21 heavy (non-hydrogen) atoms. The number of carbonyl (C=O) groups is 3. The molecule has 0 spiro atoms. The lowest BCUT2D eigenvalue weighted by Gasteiger charge is -2.12. The van der Waals surface area contributed by atoms with Gasteiger partial charge in [-0.25, -0.2) is 0 Å². The van der Waals surface area contributed by atoms with Crippen LogP contribution in [0.4, 0.5) is 0 Å². The Balaban J connectivity index is 2.11. The largest absolute Gasteiger partial charge is 0.466 e. The molecule has 0 saturated carbocycles. The molecule has 2 atom stereocenters. The van der Waals surface area contributed by atoms with Gasteiger partial charge in [-0.05, 0) is 39.5 Å². The molecule has 1 fully saturated rings. The lowest BCUT2D eigenvalue weighted by molar-refractivity contribution is -0.144. The molecule has 1 aliphatic rings. The maximum Gasteiger partial charge on any atom is 0.306 e. The Hall–Kier alpha value is -1.23. The average Bonchev–Trinajstić information content (AvgIpc) is 2.89. The van der Waals surface area contributed by atoms with Crippen LogP contribution in [0.15, 0.2) is 0 Å². The summed E-state index contributed by atoms with van der Waals surface area (Å²) >= 11 is 0. The summed E-state index contributed by atoms with van der Waals surface area (Å²) in [5.74, 6) is -0.0395. The van der Waals surface area contributed by atoms with E-state index in [4.69, 9.17) is 9.47 Å². The summed E-state index contributed by atoms with van der Waals surface area (Å²) in [4.78, 5) is 33.8. The molecular weight excluding hydrogens is 272 g/mol. The molecule has 0 N–H and O–H groups in total. The van der Waals surface area contributed by atoms with Crippen molar-refractivity contribution in [3.8, 4) is 0 Å². The molecule has 1 rings (SSSR count). The topological polar surface area (TPSA) is 69.7 Å². The molecule has 5 nitrogen and oxygen atoms in total. The number of Topliss-reactive ketones (excluding diaryl/α,β-unsaturated/α-hetero) is 2. The van der Waals surface area contributed by atoms with Gasteiger partial charge in [-0.15, -0.1) is 0 Å². The average molecular weight is 298 g/mol. The van der Waals surface area contributed by atoms with Gasteiger partial charge in [0.05, 0.1) is 25.2 Å². The summed E-state index contributed by atoms with van der Waals surface area (Å²) in [7, 11) is 0. The fraction of sp³-hybridized carbons (Fsp3) is 0.812. The Labute approximate surface area is 126 Å². The first-order valence-electron chi connectivity index (χ1n) is 7.83. The number of ether oxygens (including phenoxy) is 2. The third-order valence-corrected chi connectivity index (χ3v) is 3.67. The van der Waals surface area contributed by atoms with Gasteiger partial charge in [0.25, 0.3) is 0 Å². The van der Waals surface area contributed by atoms with Crippen LogP contribution in [-0.2, 0) is 23.9 Å². The monoisotopic (exact) mass is 298 g/mol. The summed E-state index contributed by atoms with van der Waals surface area (Å²) in [6.07, 6.45) is 5.11. The van der Waals surface area contributed by atoms with E-state index in [1.54, 1.807) is 13.8 Å². The van der Waals surface area contributed by atoms with Crippen molar-refractivity contribution in [3.63, 3.8) is 0 Å². The van der Waals surface area contributed by atoms with Gasteiger partial charge in [-0.1, -0.05) is 0 Å². The zero-order valence-electron chi connectivity index (χ0n) is 13.1. The Morgan fingerprint density at radius 1 is 1.00 bits per heavy atom. The van der Waals surface area contributed by atoms with E-state index in [9.17, 15) is 14.4 Å². The Kier molecular flexibility index (Phi) is 8.20. The predicted molar refractivity (Wildman–Crippen MR) is 77.9 cm³/mol. The molecular formula is C16H26O5. The van der Waals surface area contributed by atoms with Crippen LogP contribution >= 0.6 is 0 Å². The second kappa shape index (κ2) is 9.66. The number of hydrogen-bond acceptors (Lipinski definition) is 5. The zero-order valence-corrected chi connectivity index (χ0v) is 13.1. The van der Waals surface area contributed by atoms with E-state index in [0.717, 1.165) is 19.3 Å². The van der Waals surface area contributed by atoms with E-state index in [-0.39, 0.29) is 42.6 Å². The van der Waals surface area contributed by atoms with Gasteiger partial charge in [0.2, 0.25) is 0 Å². The lowest BCUT2D eigenvalue weighted by Crippen LogP contribution is -2.14. The SMILES string of the molecule is CCOC(=O)CCC(=O)CCC1CCC(CCC(C)=O)O1. The molecule has 0 aromatic rings. The Morgan fingerprint density at radius 3 is 2.19 bits per heavy atom. The van der Waals surface area contributed by atoms with E-state index < -0.39 is 0 Å². The molecule has 2 unspecified atom stereocenters. The minimum atomic E-state index is -0.313. The Morgan fingerprint density at radius 2 is 1.62 bits per heavy atom. The highest BCUT2D eigenvalue weighted by molar-refractivity contribution is 5.82. The van der Waals surface area contributed by atoms with Gasteiger partial charge in [-0.3, -0.25) is 9.59 Å². The smallest absolute Gasteiger partial charge is 0.306 e. The van der Waals surface area contributed by atoms with Crippen LogP contribution in [0.5, 0.6) is 0 Å². The number of carbonyl (C=O) groups excluding carboxylic acids is 3. The highest BCUT2D eigenvalue weighted by Crippen LogP contribution is 2.26. The van der Waals surface area contributed by atoms with Crippen molar-refractivity contribution in [1.29, 1.82) is 0 Å². The minimum absolute atomic E-state index is 0.0823. The second-order valence-electron chi connectivity index (χ2n) is 5.58. The number of esters is 1. The van der Waals surface area contributed by atoms with Crippen molar-refractivity contribution >= 4 is 17.5 Å². The fourth-order valence-corrected chi connectivity index (χ4v) is 2.49. The molecule has 5 heteroatoms. The number of hydrogen-bond donors (Lipinski definition) is 0. The van der Waals surface area contributed by atoms with E-state index in [0.29, 0.717) is 25.9 Å². The molecule has 1 saturated heterocycles. The highest BCUT2D eigenvalue weighted by atomic mass is 16.5. The molecule has 0 radical (unpaired) electrons. The molecule has 1 heterocycles. The van der Waals surface area contributed by atoms with E-state index >= 15 is 0 Å². The van der Waals surface area contributed by atoms with Crippen molar-refractivity contribution < 1.29 is 23.9 Å². The normalized spacial score (nSPS) is 21.2. The van der Waals surface area contributed by atoms with Crippen LogP contribution in [-0.4, -0.2) is 36.4 Å². The first-order valence-corrected chi connectivity index (χ1v) is 7.83. The van der Waals surface area contributed by atoms with E-state index in [1.165, 1.54) is 0 Å². The van der Waals surface area contributed by atoms with Gasteiger partial charge in [0, 0.05) is 19.3 Å². The van der Waals surface area contributed by atoms with Gasteiger partial charge in [-0.2, -0.15) is 0 Å². The van der Waals surface area contributed by atoms with E-state index in [1.807, 2.05) is 0 Å². The first kappa shape index (κ1) is 17.8. The molecule has 1 aliphatic heterocycles. The van der Waals surface area contributed by atoms with Gasteiger partial charge in [0.1, 0.15) is 11.6 Å². The molecule has 0 aliphatic carbocycles. The van der Waals surface area contributed by atoms with Gasteiger partial charge in [0.15, 0.2) is 0 Å². The molecule has 0 bridgehead atoms. The summed E-state index contributed by atoms with van der Waals surface area (Å²) in [5.41, 5.74) is 0. The fourth-order valence-electron chi connectivity index (χ4n) is 2.49. The summed E-state index contributed by atoms with van der Waals surface area (Å²) in [6, 6.07) is 0. The van der Waals surface area contributed by atoms with Crippen molar-refractivity contribution in [2.45, 2.75) is 77.4 Å². The van der Waals surface area contributed by atoms with Gasteiger partial charge < -0.3 is 14.3 Å². The minimum Gasteiger partial charge on any atom is -0.466 e. The lowest BCUT2D eigenvalue weighted by atomic mass is 10.0. The summed E-state index contributed by atoms with van der Waals surface area (Å²) in [5, 5.41) is 0. The van der Waals surface area contributed by atoms with Crippen molar-refractivity contribution in [2.24, 2.45) is 0 Å². The zero-order chi connectivity index (χ0) is 15.7. The molecule has 0 aromatic carbocycles.